The summed E-state index contributed by atoms with van der Waals surface area (Å²) in [6, 6.07) is 14.2. The Morgan fingerprint density at radius 2 is 1.91 bits per heavy atom. The van der Waals surface area contributed by atoms with Crippen molar-refractivity contribution in [3.8, 4) is 11.1 Å². The molecule has 0 saturated heterocycles. The molecule has 1 amide bonds. The zero-order valence-corrected chi connectivity index (χ0v) is 13.5. The molecule has 2 aromatic carbocycles. The van der Waals surface area contributed by atoms with E-state index in [1.165, 1.54) is 5.56 Å². The molecule has 0 aromatic heterocycles. The highest BCUT2D eigenvalue weighted by molar-refractivity contribution is 6.30. The summed E-state index contributed by atoms with van der Waals surface area (Å²) < 4.78 is 5.48. The third kappa shape index (κ3) is 2.59. The van der Waals surface area contributed by atoms with Gasteiger partial charge in [0.25, 0.3) is 0 Å². The number of carbonyl (C=O) groups excluding carboxylic acids is 1. The predicted octanol–water partition coefficient (Wildman–Crippen LogP) is 4.87. The molecule has 0 bridgehead atoms. The SMILES string of the molecule is NC(=O)OC1c2ccc(-c3cccc(Cl)c3)cc2CCC12CC2. The number of hydrogen-bond acceptors (Lipinski definition) is 2. The topological polar surface area (TPSA) is 52.3 Å². The molecule has 23 heavy (non-hydrogen) atoms. The lowest BCUT2D eigenvalue weighted by molar-refractivity contribution is 0.0471. The van der Waals surface area contributed by atoms with Gasteiger partial charge in [0.15, 0.2) is 0 Å². The molecule has 1 atom stereocenters. The highest BCUT2D eigenvalue weighted by Gasteiger charge is 2.54. The van der Waals surface area contributed by atoms with Crippen LogP contribution in [0.4, 0.5) is 4.79 Å². The molecule has 4 rings (SSSR count). The normalized spacial score (nSPS) is 20.8. The second-order valence-electron chi connectivity index (χ2n) is 6.60. The van der Waals surface area contributed by atoms with Crippen LogP contribution in [0.2, 0.25) is 5.02 Å². The van der Waals surface area contributed by atoms with Gasteiger partial charge in [-0.25, -0.2) is 4.79 Å². The Bertz CT molecular complexity index is 783. The molecule has 1 saturated carbocycles. The molecule has 2 aromatic rings. The van der Waals surface area contributed by atoms with Crippen molar-refractivity contribution in [3.05, 3.63) is 58.6 Å². The quantitative estimate of drug-likeness (QED) is 0.855. The maximum absolute atomic E-state index is 11.3. The van der Waals surface area contributed by atoms with Crippen LogP contribution in [-0.4, -0.2) is 6.09 Å². The number of aryl methyl sites for hydroxylation is 1. The molecule has 118 valence electrons. The van der Waals surface area contributed by atoms with Crippen LogP contribution in [0.15, 0.2) is 42.5 Å². The zero-order chi connectivity index (χ0) is 16.0. The second kappa shape index (κ2) is 5.27. The van der Waals surface area contributed by atoms with Gasteiger partial charge in [0.2, 0.25) is 0 Å². The monoisotopic (exact) mass is 327 g/mol. The van der Waals surface area contributed by atoms with E-state index >= 15 is 0 Å². The van der Waals surface area contributed by atoms with Crippen LogP contribution < -0.4 is 5.73 Å². The molecule has 1 spiro atoms. The van der Waals surface area contributed by atoms with E-state index in [0.717, 1.165) is 47.4 Å². The highest BCUT2D eigenvalue weighted by Crippen LogP contribution is 2.62. The number of benzene rings is 2. The first-order valence-electron chi connectivity index (χ1n) is 7.92. The lowest BCUT2D eigenvalue weighted by Gasteiger charge is -2.33. The van der Waals surface area contributed by atoms with Gasteiger partial charge in [-0.15, -0.1) is 0 Å². The van der Waals surface area contributed by atoms with Crippen LogP contribution in [0, 0.1) is 5.41 Å². The van der Waals surface area contributed by atoms with E-state index in [9.17, 15) is 4.79 Å². The van der Waals surface area contributed by atoms with E-state index in [1.54, 1.807) is 0 Å². The molecule has 2 N–H and O–H groups in total. The van der Waals surface area contributed by atoms with Gasteiger partial charge in [-0.3, -0.25) is 0 Å². The first-order chi connectivity index (χ1) is 11.1. The first-order valence-corrected chi connectivity index (χ1v) is 8.30. The van der Waals surface area contributed by atoms with Crippen molar-refractivity contribution in [1.29, 1.82) is 0 Å². The smallest absolute Gasteiger partial charge is 0.405 e. The lowest BCUT2D eigenvalue weighted by atomic mass is 9.78. The fourth-order valence-electron chi connectivity index (χ4n) is 3.75. The maximum Gasteiger partial charge on any atom is 0.405 e. The zero-order valence-electron chi connectivity index (χ0n) is 12.7. The van der Waals surface area contributed by atoms with Crippen LogP contribution in [-0.2, 0) is 11.2 Å². The van der Waals surface area contributed by atoms with E-state index in [2.05, 4.69) is 24.3 Å². The number of amides is 1. The Balaban J connectivity index is 1.73. The Morgan fingerprint density at radius 3 is 2.61 bits per heavy atom. The van der Waals surface area contributed by atoms with Gasteiger partial charge in [0.1, 0.15) is 6.10 Å². The average molecular weight is 328 g/mol. The van der Waals surface area contributed by atoms with Gasteiger partial charge in [-0.05, 0) is 60.1 Å². The van der Waals surface area contributed by atoms with E-state index in [0.29, 0.717) is 0 Å². The molecule has 0 radical (unpaired) electrons. The van der Waals surface area contributed by atoms with Gasteiger partial charge in [-0.2, -0.15) is 0 Å². The number of primary amides is 1. The lowest BCUT2D eigenvalue weighted by Crippen LogP contribution is -2.28. The minimum absolute atomic E-state index is 0.125. The van der Waals surface area contributed by atoms with Crippen molar-refractivity contribution < 1.29 is 9.53 Å². The number of halogens is 1. The number of rotatable bonds is 2. The molecule has 1 unspecified atom stereocenters. The minimum Gasteiger partial charge on any atom is -0.441 e. The van der Waals surface area contributed by atoms with Crippen LogP contribution in [0.1, 0.15) is 36.5 Å². The highest BCUT2D eigenvalue weighted by atomic mass is 35.5. The van der Waals surface area contributed by atoms with Gasteiger partial charge in [-0.1, -0.05) is 41.9 Å². The van der Waals surface area contributed by atoms with Crippen LogP contribution in [0.3, 0.4) is 0 Å². The van der Waals surface area contributed by atoms with Gasteiger partial charge >= 0.3 is 6.09 Å². The predicted molar refractivity (Wildman–Crippen MR) is 90.3 cm³/mol. The largest absolute Gasteiger partial charge is 0.441 e. The third-order valence-electron chi connectivity index (χ3n) is 5.16. The summed E-state index contributed by atoms with van der Waals surface area (Å²) in [4.78, 5) is 11.3. The van der Waals surface area contributed by atoms with Crippen molar-refractivity contribution in [2.24, 2.45) is 11.1 Å². The summed E-state index contributed by atoms with van der Waals surface area (Å²) >= 11 is 6.09. The van der Waals surface area contributed by atoms with Crippen molar-refractivity contribution in [1.82, 2.24) is 0 Å². The molecule has 3 nitrogen and oxygen atoms in total. The molecule has 2 aliphatic carbocycles. The molecule has 0 heterocycles. The summed E-state index contributed by atoms with van der Waals surface area (Å²) in [7, 11) is 0. The van der Waals surface area contributed by atoms with Crippen molar-refractivity contribution in [2.45, 2.75) is 31.8 Å². The molecular weight excluding hydrogens is 310 g/mol. The van der Waals surface area contributed by atoms with Crippen LogP contribution >= 0.6 is 11.6 Å². The van der Waals surface area contributed by atoms with Gasteiger partial charge < -0.3 is 10.5 Å². The van der Waals surface area contributed by atoms with Crippen LogP contribution in [0.25, 0.3) is 11.1 Å². The van der Waals surface area contributed by atoms with Gasteiger partial charge in [0.05, 0.1) is 0 Å². The van der Waals surface area contributed by atoms with Crippen molar-refractivity contribution in [3.63, 3.8) is 0 Å². The summed E-state index contributed by atoms with van der Waals surface area (Å²) in [5.41, 5.74) is 10.00. The van der Waals surface area contributed by atoms with E-state index in [-0.39, 0.29) is 11.5 Å². The summed E-state index contributed by atoms with van der Waals surface area (Å²) in [6.45, 7) is 0. The standard InChI is InChI=1S/C19H18ClNO2/c20-15-3-1-2-12(11-15)13-4-5-16-14(10-13)6-7-19(8-9-19)17(16)23-18(21)22/h1-5,10-11,17H,6-9H2,(H2,21,22). The molecule has 4 heteroatoms. The Kier molecular flexibility index (Phi) is 3.34. The fourth-order valence-corrected chi connectivity index (χ4v) is 3.94. The van der Waals surface area contributed by atoms with Crippen LogP contribution in [0.5, 0.6) is 0 Å². The average Bonchev–Trinajstić information content (AvgIpc) is 3.30. The third-order valence-corrected chi connectivity index (χ3v) is 5.39. The maximum atomic E-state index is 11.3. The molecule has 0 aliphatic heterocycles. The summed E-state index contributed by atoms with van der Waals surface area (Å²) in [6.07, 6.45) is 3.41. The first kappa shape index (κ1) is 14.6. The fraction of sp³-hybridized carbons (Fsp3) is 0.316. The second-order valence-corrected chi connectivity index (χ2v) is 7.04. The minimum atomic E-state index is -0.687. The van der Waals surface area contributed by atoms with Crippen molar-refractivity contribution in [2.75, 3.05) is 0 Å². The Morgan fingerprint density at radius 1 is 1.13 bits per heavy atom. The molecule has 2 aliphatic rings. The number of carbonyl (C=O) groups is 1. The number of hydrogen-bond donors (Lipinski definition) is 1. The summed E-state index contributed by atoms with van der Waals surface area (Å²) in [5.74, 6) is 0. The molecule has 1 fully saturated rings. The van der Waals surface area contributed by atoms with E-state index in [4.69, 9.17) is 22.1 Å². The van der Waals surface area contributed by atoms with E-state index in [1.807, 2.05) is 18.2 Å². The number of ether oxygens (including phenoxy) is 1. The Labute approximate surface area is 140 Å². The summed E-state index contributed by atoms with van der Waals surface area (Å²) in [5, 5.41) is 0.729. The molecular formula is C19H18ClNO2. The van der Waals surface area contributed by atoms with Gasteiger partial charge in [0, 0.05) is 10.4 Å². The number of nitrogens with two attached hydrogens (primary N) is 1. The van der Waals surface area contributed by atoms with E-state index < -0.39 is 6.09 Å². The van der Waals surface area contributed by atoms with Crippen molar-refractivity contribution >= 4 is 17.7 Å². The number of fused-ring (bicyclic) bond motifs is 1. The Hall–Kier alpha value is -2.00.